The predicted octanol–water partition coefficient (Wildman–Crippen LogP) is 5.32. The zero-order valence-electron chi connectivity index (χ0n) is 16.6. The van der Waals surface area contributed by atoms with Crippen LogP contribution in [-0.4, -0.2) is 31.1 Å². The molecule has 1 atom stereocenters. The predicted molar refractivity (Wildman–Crippen MR) is 116 cm³/mol. The van der Waals surface area contributed by atoms with E-state index in [1.165, 1.54) is 22.5 Å². The molecule has 0 N–H and O–H groups in total. The van der Waals surface area contributed by atoms with Crippen molar-refractivity contribution >= 4 is 23.8 Å². The third-order valence-corrected chi connectivity index (χ3v) is 5.76. The van der Waals surface area contributed by atoms with Gasteiger partial charge in [-0.15, -0.1) is 12.4 Å². The molecule has 0 amide bonds. The second kappa shape index (κ2) is 9.26. The van der Waals surface area contributed by atoms with Crippen LogP contribution in [0.2, 0.25) is 0 Å². The van der Waals surface area contributed by atoms with E-state index in [-0.39, 0.29) is 12.4 Å². The molecule has 0 bridgehead atoms. The first kappa shape index (κ1) is 21.3. The lowest BCUT2D eigenvalue weighted by Crippen LogP contribution is -2.34. The van der Waals surface area contributed by atoms with Crippen molar-refractivity contribution in [3.05, 3.63) is 59.7 Å². The zero-order chi connectivity index (χ0) is 18.6. The fraction of sp³-hybridized carbons (Fsp3) is 0.435. The Balaban J connectivity index is 0.00000261. The second-order valence-corrected chi connectivity index (χ2v) is 7.04. The lowest BCUT2D eigenvalue weighted by Gasteiger charge is -2.31. The number of hydrogen-bond acceptors (Lipinski definition) is 3. The number of para-hydroxylation sites is 2. The van der Waals surface area contributed by atoms with Crippen molar-refractivity contribution in [3.8, 4) is 6.07 Å². The molecule has 1 aliphatic rings. The van der Waals surface area contributed by atoms with Gasteiger partial charge in [0.1, 0.15) is 0 Å². The van der Waals surface area contributed by atoms with Gasteiger partial charge in [0.25, 0.3) is 0 Å². The number of nitrogens with zero attached hydrogens (tertiary/aromatic N) is 3. The minimum absolute atomic E-state index is 0. The molecule has 144 valence electrons. The molecule has 2 aromatic rings. The number of rotatable bonds is 6. The Labute approximate surface area is 170 Å². The average Bonchev–Trinajstić information content (AvgIpc) is 2.81. The first-order chi connectivity index (χ1) is 12.7. The quantitative estimate of drug-likeness (QED) is 0.676. The number of anilines is 2. The first-order valence-electron chi connectivity index (χ1n) is 9.77. The summed E-state index contributed by atoms with van der Waals surface area (Å²) in [5.74, 6) is 0. The SMILES string of the molecule is CCN(CC)CCC1(C#N)Cc2ccccc2N(CC)c2ccccc21.Cl. The van der Waals surface area contributed by atoms with Gasteiger partial charge in [0, 0.05) is 17.9 Å². The number of hydrogen-bond donors (Lipinski definition) is 0. The van der Waals surface area contributed by atoms with E-state index < -0.39 is 5.41 Å². The summed E-state index contributed by atoms with van der Waals surface area (Å²) in [6.07, 6.45) is 1.63. The third-order valence-electron chi connectivity index (χ3n) is 5.76. The Hall–Kier alpha value is -2.02. The molecule has 0 aliphatic carbocycles. The maximum absolute atomic E-state index is 10.4. The van der Waals surface area contributed by atoms with Crippen molar-refractivity contribution in [2.75, 3.05) is 31.1 Å². The van der Waals surface area contributed by atoms with Crippen molar-refractivity contribution in [2.24, 2.45) is 0 Å². The van der Waals surface area contributed by atoms with Gasteiger partial charge in [-0.05, 0) is 62.7 Å². The Morgan fingerprint density at radius 1 is 1.00 bits per heavy atom. The maximum Gasteiger partial charge on any atom is 0.0895 e. The normalized spacial score (nSPS) is 18.1. The van der Waals surface area contributed by atoms with Crippen molar-refractivity contribution in [3.63, 3.8) is 0 Å². The molecule has 0 spiro atoms. The molecule has 3 rings (SSSR count). The third kappa shape index (κ3) is 3.98. The summed E-state index contributed by atoms with van der Waals surface area (Å²) in [6.45, 7) is 10.5. The van der Waals surface area contributed by atoms with Crippen LogP contribution in [0.1, 0.15) is 38.3 Å². The molecule has 0 saturated heterocycles. The van der Waals surface area contributed by atoms with E-state index in [1.807, 2.05) is 0 Å². The molecule has 1 unspecified atom stereocenters. The smallest absolute Gasteiger partial charge is 0.0895 e. The van der Waals surface area contributed by atoms with E-state index >= 15 is 0 Å². The number of fused-ring (bicyclic) bond motifs is 2. The summed E-state index contributed by atoms with van der Waals surface area (Å²) in [7, 11) is 0. The lowest BCUT2D eigenvalue weighted by atomic mass is 9.74. The van der Waals surface area contributed by atoms with Gasteiger partial charge in [-0.25, -0.2) is 0 Å². The summed E-state index contributed by atoms with van der Waals surface area (Å²) < 4.78 is 0. The van der Waals surface area contributed by atoms with Gasteiger partial charge >= 0.3 is 0 Å². The van der Waals surface area contributed by atoms with Crippen molar-refractivity contribution in [1.82, 2.24) is 4.90 Å². The van der Waals surface area contributed by atoms with Crippen LogP contribution < -0.4 is 4.90 Å². The monoisotopic (exact) mass is 383 g/mol. The highest BCUT2D eigenvalue weighted by Gasteiger charge is 2.39. The first-order valence-corrected chi connectivity index (χ1v) is 9.77. The minimum atomic E-state index is -0.487. The highest BCUT2D eigenvalue weighted by atomic mass is 35.5. The van der Waals surface area contributed by atoms with E-state index in [4.69, 9.17) is 0 Å². The maximum atomic E-state index is 10.4. The van der Waals surface area contributed by atoms with Gasteiger partial charge < -0.3 is 9.80 Å². The molecule has 1 aliphatic heterocycles. The molecule has 0 radical (unpaired) electrons. The summed E-state index contributed by atoms with van der Waals surface area (Å²) >= 11 is 0. The van der Waals surface area contributed by atoms with Gasteiger partial charge in [0.15, 0.2) is 0 Å². The van der Waals surface area contributed by atoms with Gasteiger partial charge in [0.05, 0.1) is 11.5 Å². The Morgan fingerprint density at radius 2 is 1.63 bits per heavy atom. The molecule has 0 saturated carbocycles. The Morgan fingerprint density at radius 3 is 2.26 bits per heavy atom. The van der Waals surface area contributed by atoms with Crippen molar-refractivity contribution < 1.29 is 0 Å². The molecule has 3 nitrogen and oxygen atoms in total. The molecular weight excluding hydrogens is 354 g/mol. The van der Waals surface area contributed by atoms with Crippen LogP contribution in [0.3, 0.4) is 0 Å². The van der Waals surface area contributed by atoms with Crippen molar-refractivity contribution in [1.29, 1.82) is 5.26 Å². The molecule has 0 aromatic heterocycles. The number of halogens is 1. The largest absolute Gasteiger partial charge is 0.341 e. The fourth-order valence-electron chi connectivity index (χ4n) is 4.20. The Bertz CT molecular complexity index is 794. The molecule has 27 heavy (non-hydrogen) atoms. The summed E-state index contributed by atoms with van der Waals surface area (Å²) in [6, 6.07) is 19.8. The van der Waals surface area contributed by atoms with E-state index in [0.29, 0.717) is 0 Å². The van der Waals surface area contributed by atoms with E-state index in [1.54, 1.807) is 0 Å². The van der Waals surface area contributed by atoms with Crippen LogP contribution >= 0.6 is 12.4 Å². The van der Waals surface area contributed by atoms with Crippen molar-refractivity contribution in [2.45, 2.75) is 39.0 Å². The fourth-order valence-corrected chi connectivity index (χ4v) is 4.20. The molecule has 0 fully saturated rings. The minimum Gasteiger partial charge on any atom is -0.341 e. The average molecular weight is 384 g/mol. The van der Waals surface area contributed by atoms with Crippen LogP contribution in [0.15, 0.2) is 48.5 Å². The molecule has 4 heteroatoms. The van der Waals surface area contributed by atoms with E-state index in [0.717, 1.165) is 39.0 Å². The van der Waals surface area contributed by atoms with Gasteiger partial charge in [-0.3, -0.25) is 0 Å². The molecule has 1 heterocycles. The van der Waals surface area contributed by atoms with Gasteiger partial charge in [-0.2, -0.15) is 5.26 Å². The van der Waals surface area contributed by atoms with Crippen LogP contribution in [0.5, 0.6) is 0 Å². The number of nitriles is 1. The van der Waals surface area contributed by atoms with E-state index in [2.05, 4.69) is 85.2 Å². The van der Waals surface area contributed by atoms with Crippen LogP contribution in [0, 0.1) is 11.3 Å². The standard InChI is InChI=1S/C23H29N3.ClH/c1-4-25(5-2)16-15-23(18-24)17-19-11-7-9-13-21(19)26(6-3)22-14-10-8-12-20(22)23;/h7-14H,4-6,15-17H2,1-3H3;1H. The summed E-state index contributed by atoms with van der Waals surface area (Å²) in [5, 5.41) is 10.4. The van der Waals surface area contributed by atoms with Gasteiger partial charge in [0.2, 0.25) is 0 Å². The highest BCUT2D eigenvalue weighted by Crippen LogP contribution is 2.45. The summed E-state index contributed by atoms with van der Waals surface area (Å²) in [4.78, 5) is 4.78. The van der Waals surface area contributed by atoms with Crippen LogP contribution in [-0.2, 0) is 11.8 Å². The van der Waals surface area contributed by atoms with Gasteiger partial charge in [-0.1, -0.05) is 50.2 Å². The van der Waals surface area contributed by atoms with E-state index in [9.17, 15) is 5.26 Å². The molecule has 2 aromatic carbocycles. The molecular formula is C23H30ClN3. The second-order valence-electron chi connectivity index (χ2n) is 7.04. The summed E-state index contributed by atoms with van der Waals surface area (Å²) in [5.41, 5.74) is 4.38. The Kier molecular flexibility index (Phi) is 7.30. The number of benzene rings is 2. The van der Waals surface area contributed by atoms with Crippen LogP contribution in [0.4, 0.5) is 11.4 Å². The highest BCUT2D eigenvalue weighted by molar-refractivity contribution is 5.85. The zero-order valence-corrected chi connectivity index (χ0v) is 17.4. The van der Waals surface area contributed by atoms with Crippen LogP contribution in [0.25, 0.3) is 0 Å². The lowest BCUT2D eigenvalue weighted by molar-refractivity contribution is 0.275. The topological polar surface area (TPSA) is 30.3 Å².